The normalized spacial score (nSPS) is 19.3. The molecule has 4 heterocycles. The summed E-state index contributed by atoms with van der Waals surface area (Å²) in [4.78, 5) is 23.5. The first kappa shape index (κ1) is 17.0. The number of rotatable bonds is 6. The summed E-state index contributed by atoms with van der Waals surface area (Å²) in [5.41, 5.74) is 1.16. The molecule has 10 nitrogen and oxygen atoms in total. The van der Waals surface area contributed by atoms with Crippen LogP contribution >= 0.6 is 0 Å². The molecule has 2 aliphatic rings. The fourth-order valence-electron chi connectivity index (χ4n) is 3.53. The Balaban J connectivity index is 1.43. The van der Waals surface area contributed by atoms with Gasteiger partial charge in [-0.25, -0.2) is 0 Å². The van der Waals surface area contributed by atoms with E-state index < -0.39 is 0 Å². The van der Waals surface area contributed by atoms with Crippen LogP contribution in [0.1, 0.15) is 36.2 Å². The van der Waals surface area contributed by atoms with Gasteiger partial charge in [-0.1, -0.05) is 0 Å². The molecule has 1 aliphatic carbocycles. The predicted octanol–water partition coefficient (Wildman–Crippen LogP) is 1.05. The number of amides is 1. The summed E-state index contributed by atoms with van der Waals surface area (Å²) in [6.07, 6.45) is 5.86. The number of aliphatic hydroxyl groups is 1. The largest absolute Gasteiger partial charge is 0.394 e. The van der Waals surface area contributed by atoms with E-state index in [2.05, 4.69) is 30.8 Å². The van der Waals surface area contributed by atoms with Crippen molar-refractivity contribution in [2.45, 2.75) is 37.8 Å². The Kier molecular flexibility index (Phi) is 4.12. The maximum Gasteiger partial charge on any atom is 0.269 e. The molecule has 1 amide bonds. The van der Waals surface area contributed by atoms with Gasteiger partial charge >= 0.3 is 0 Å². The molecule has 0 bridgehead atoms. The maximum absolute atomic E-state index is 12.2. The van der Waals surface area contributed by atoms with Crippen LogP contribution in [0.2, 0.25) is 0 Å². The number of H-pyrrole nitrogens is 1. The van der Waals surface area contributed by atoms with E-state index >= 15 is 0 Å². The number of nitrogens with one attached hydrogen (secondary N) is 3. The van der Waals surface area contributed by atoms with Crippen molar-refractivity contribution in [2.24, 2.45) is 0 Å². The first-order chi connectivity index (χ1) is 13.7. The minimum Gasteiger partial charge on any atom is -0.394 e. The smallest absolute Gasteiger partial charge is 0.269 e. The lowest BCUT2D eigenvalue weighted by molar-refractivity contribution is 0.0946. The molecule has 1 saturated heterocycles. The Morgan fingerprint density at radius 3 is 3.04 bits per heavy atom. The molecule has 4 N–H and O–H groups in total. The minimum absolute atomic E-state index is 0.0355. The summed E-state index contributed by atoms with van der Waals surface area (Å²) in [7, 11) is 0. The Morgan fingerprint density at radius 2 is 2.21 bits per heavy atom. The van der Waals surface area contributed by atoms with Crippen LogP contribution in [0.4, 0.5) is 17.7 Å². The van der Waals surface area contributed by atoms with Crippen LogP contribution in [-0.2, 0) is 0 Å². The first-order valence-electron chi connectivity index (χ1n) is 9.57. The fraction of sp³-hybridized carbons (Fsp3) is 0.444. The van der Waals surface area contributed by atoms with E-state index in [-0.39, 0.29) is 24.6 Å². The van der Waals surface area contributed by atoms with E-state index in [9.17, 15) is 9.90 Å². The number of anilines is 3. The van der Waals surface area contributed by atoms with Crippen LogP contribution in [0.5, 0.6) is 0 Å². The number of aliphatic hydroxyl groups excluding tert-OH is 1. The topological polar surface area (TPSA) is 123 Å². The van der Waals surface area contributed by atoms with E-state index in [1.165, 1.54) is 0 Å². The molecule has 1 saturated carbocycles. The van der Waals surface area contributed by atoms with Crippen LogP contribution in [0.15, 0.2) is 24.4 Å². The SMILES string of the molecule is O=C(NC1CC1)c1cc(Nc2nc(N3CCCC3CO)nc3cccn23)n[nH]1. The van der Waals surface area contributed by atoms with Gasteiger partial charge in [0.25, 0.3) is 5.91 Å². The molecule has 1 unspecified atom stereocenters. The Morgan fingerprint density at radius 1 is 1.32 bits per heavy atom. The molecule has 0 radical (unpaired) electrons. The number of carbonyl (C=O) groups is 1. The van der Waals surface area contributed by atoms with Crippen molar-refractivity contribution in [1.29, 1.82) is 0 Å². The summed E-state index contributed by atoms with van der Waals surface area (Å²) in [5, 5.41) is 22.7. The number of hydrogen-bond acceptors (Lipinski definition) is 7. The maximum atomic E-state index is 12.2. The Bertz CT molecular complexity index is 1010. The van der Waals surface area contributed by atoms with Crippen molar-refractivity contribution >= 4 is 29.3 Å². The van der Waals surface area contributed by atoms with Crippen molar-refractivity contribution in [2.75, 3.05) is 23.4 Å². The van der Waals surface area contributed by atoms with Gasteiger partial charge in [0.05, 0.1) is 12.6 Å². The standard InChI is InChI=1S/C18H22N8O2/c27-10-12-3-1-7-25(12)18-21-15-4-2-8-26(15)17(22-18)20-14-9-13(23-24-14)16(28)19-11-5-6-11/h2,4,8-9,11-12,27H,1,3,5-7,10H2,(H,19,28)(H2,20,21,22,23,24). The molecule has 146 valence electrons. The predicted molar refractivity (Wildman–Crippen MR) is 103 cm³/mol. The summed E-state index contributed by atoms with van der Waals surface area (Å²) >= 11 is 0. The molecule has 1 aliphatic heterocycles. The highest BCUT2D eigenvalue weighted by atomic mass is 16.3. The monoisotopic (exact) mass is 382 g/mol. The number of aromatic nitrogens is 5. The third-order valence-corrected chi connectivity index (χ3v) is 5.20. The van der Waals surface area contributed by atoms with Crippen molar-refractivity contribution in [1.82, 2.24) is 29.9 Å². The zero-order valence-corrected chi connectivity index (χ0v) is 15.3. The van der Waals surface area contributed by atoms with Gasteiger partial charge in [0.1, 0.15) is 11.3 Å². The molecule has 10 heteroatoms. The van der Waals surface area contributed by atoms with Crippen molar-refractivity contribution in [3.8, 4) is 0 Å². The van der Waals surface area contributed by atoms with E-state index in [1.807, 2.05) is 27.6 Å². The molecule has 28 heavy (non-hydrogen) atoms. The Labute approximate surface area is 161 Å². The third-order valence-electron chi connectivity index (χ3n) is 5.20. The van der Waals surface area contributed by atoms with E-state index in [1.54, 1.807) is 6.07 Å². The third kappa shape index (κ3) is 3.15. The molecular weight excluding hydrogens is 360 g/mol. The van der Waals surface area contributed by atoms with Gasteiger partial charge in [-0.05, 0) is 37.8 Å². The Hall–Kier alpha value is -3.14. The molecule has 1 atom stereocenters. The van der Waals surface area contributed by atoms with Gasteiger partial charge in [0.15, 0.2) is 5.82 Å². The van der Waals surface area contributed by atoms with Gasteiger partial charge in [-0.3, -0.25) is 14.3 Å². The van der Waals surface area contributed by atoms with Crippen molar-refractivity contribution in [3.63, 3.8) is 0 Å². The number of hydrogen-bond donors (Lipinski definition) is 4. The van der Waals surface area contributed by atoms with Gasteiger partial charge in [-0.2, -0.15) is 15.1 Å². The van der Waals surface area contributed by atoms with Gasteiger partial charge in [0, 0.05) is 24.8 Å². The summed E-state index contributed by atoms with van der Waals surface area (Å²) < 4.78 is 1.83. The van der Waals surface area contributed by atoms with Gasteiger partial charge in [-0.15, -0.1) is 0 Å². The summed E-state index contributed by atoms with van der Waals surface area (Å²) in [6, 6.07) is 5.79. The second-order valence-electron chi connectivity index (χ2n) is 7.30. The minimum atomic E-state index is -0.152. The van der Waals surface area contributed by atoms with Crippen molar-refractivity contribution < 1.29 is 9.90 Å². The lowest BCUT2D eigenvalue weighted by Gasteiger charge is -2.23. The average Bonchev–Trinajstić information content (AvgIpc) is 3.11. The summed E-state index contributed by atoms with van der Waals surface area (Å²) in [6.45, 7) is 0.895. The summed E-state index contributed by atoms with van der Waals surface area (Å²) in [5.74, 6) is 1.47. The lowest BCUT2D eigenvalue weighted by atomic mass is 10.2. The second kappa shape index (κ2) is 6.79. The zero-order chi connectivity index (χ0) is 19.1. The second-order valence-corrected chi connectivity index (χ2v) is 7.30. The highest BCUT2D eigenvalue weighted by molar-refractivity contribution is 5.93. The molecular formula is C18H22N8O2. The van der Waals surface area contributed by atoms with Crippen LogP contribution in [0.25, 0.3) is 5.65 Å². The molecule has 0 aromatic carbocycles. The number of nitrogens with zero attached hydrogens (tertiary/aromatic N) is 5. The van der Waals surface area contributed by atoms with E-state index in [4.69, 9.17) is 0 Å². The highest BCUT2D eigenvalue weighted by Gasteiger charge is 2.27. The quantitative estimate of drug-likeness (QED) is 0.502. The average molecular weight is 382 g/mol. The fourth-order valence-corrected chi connectivity index (χ4v) is 3.53. The molecule has 0 spiro atoms. The highest BCUT2D eigenvalue weighted by Crippen LogP contribution is 2.25. The first-order valence-corrected chi connectivity index (χ1v) is 9.57. The molecule has 3 aromatic rings. The van der Waals surface area contributed by atoms with Crippen LogP contribution in [0, 0.1) is 0 Å². The van der Waals surface area contributed by atoms with E-state index in [0.29, 0.717) is 23.4 Å². The van der Waals surface area contributed by atoms with Crippen LogP contribution in [-0.4, -0.2) is 60.8 Å². The van der Waals surface area contributed by atoms with Crippen LogP contribution in [0.3, 0.4) is 0 Å². The number of aromatic amines is 1. The number of fused-ring (bicyclic) bond motifs is 1. The molecule has 5 rings (SSSR count). The van der Waals surface area contributed by atoms with Gasteiger partial charge < -0.3 is 20.6 Å². The lowest BCUT2D eigenvalue weighted by Crippen LogP contribution is -2.33. The molecule has 3 aromatic heterocycles. The number of carbonyl (C=O) groups excluding carboxylic acids is 1. The zero-order valence-electron chi connectivity index (χ0n) is 15.3. The van der Waals surface area contributed by atoms with Crippen molar-refractivity contribution in [3.05, 3.63) is 30.1 Å². The molecule has 2 fully saturated rings. The van der Waals surface area contributed by atoms with Gasteiger partial charge in [0.2, 0.25) is 11.9 Å². The van der Waals surface area contributed by atoms with E-state index in [0.717, 1.165) is 37.9 Å². The van der Waals surface area contributed by atoms with Crippen LogP contribution < -0.4 is 15.5 Å².